The van der Waals surface area contributed by atoms with E-state index in [0.29, 0.717) is 36.2 Å². The van der Waals surface area contributed by atoms with Crippen LogP contribution in [0.5, 0.6) is 11.5 Å². The second-order valence-corrected chi connectivity index (χ2v) is 10.2. The fourth-order valence-electron chi connectivity index (χ4n) is 4.24. The number of aromatic nitrogens is 3. The SMILES string of the molecule is CNC/C=C/C(=O)N1CCc2sc3ncnc(Nc4ccc(Oc5ccc(C)nc5)c(Cl)c4)c3c2CC1. The van der Waals surface area contributed by atoms with Crippen molar-refractivity contribution in [1.29, 1.82) is 0 Å². The molecule has 0 radical (unpaired) electrons. The van der Waals surface area contributed by atoms with Crippen molar-refractivity contribution >= 4 is 50.6 Å². The minimum absolute atomic E-state index is 0.0441. The van der Waals surface area contributed by atoms with Crippen molar-refractivity contribution in [3.8, 4) is 11.5 Å². The van der Waals surface area contributed by atoms with Crippen LogP contribution in [0.2, 0.25) is 5.02 Å². The third kappa shape index (κ3) is 5.74. The number of benzene rings is 1. The molecular weight excluding hydrogens is 508 g/mol. The van der Waals surface area contributed by atoms with E-state index in [1.165, 1.54) is 10.4 Å². The summed E-state index contributed by atoms with van der Waals surface area (Å²) < 4.78 is 5.89. The number of likely N-dealkylation sites (N-methyl/N-ethyl adjacent to an activating group) is 1. The van der Waals surface area contributed by atoms with Crippen LogP contribution >= 0.6 is 22.9 Å². The highest BCUT2D eigenvalue weighted by Crippen LogP contribution is 2.38. The number of fused-ring (bicyclic) bond motifs is 3. The normalized spacial score (nSPS) is 13.5. The van der Waals surface area contributed by atoms with Gasteiger partial charge in [-0.3, -0.25) is 9.78 Å². The Hall–Kier alpha value is -3.53. The molecule has 0 unspecified atom stereocenters. The summed E-state index contributed by atoms with van der Waals surface area (Å²) in [7, 11) is 1.86. The van der Waals surface area contributed by atoms with E-state index in [4.69, 9.17) is 16.3 Å². The van der Waals surface area contributed by atoms with Crippen LogP contribution in [0.1, 0.15) is 16.1 Å². The van der Waals surface area contributed by atoms with E-state index in [1.54, 1.807) is 29.9 Å². The Kier molecular flexibility index (Phi) is 7.64. The van der Waals surface area contributed by atoms with Gasteiger partial charge in [0.2, 0.25) is 5.91 Å². The van der Waals surface area contributed by atoms with Crippen molar-refractivity contribution in [3.05, 3.63) is 76.2 Å². The Labute approximate surface area is 224 Å². The second-order valence-electron chi connectivity index (χ2n) is 8.70. The molecule has 0 fully saturated rings. The molecule has 0 saturated heterocycles. The Balaban J connectivity index is 1.35. The molecule has 3 aromatic heterocycles. The van der Waals surface area contributed by atoms with Gasteiger partial charge in [0.25, 0.3) is 0 Å². The Morgan fingerprint density at radius 3 is 2.84 bits per heavy atom. The molecule has 0 spiro atoms. The molecule has 1 amide bonds. The van der Waals surface area contributed by atoms with Gasteiger partial charge in [0.1, 0.15) is 28.5 Å². The highest BCUT2D eigenvalue weighted by atomic mass is 35.5. The smallest absolute Gasteiger partial charge is 0.246 e. The third-order valence-corrected chi connectivity index (χ3v) is 7.61. The van der Waals surface area contributed by atoms with Crippen LogP contribution in [-0.2, 0) is 17.6 Å². The van der Waals surface area contributed by atoms with Gasteiger partial charge in [0.05, 0.1) is 16.6 Å². The fraction of sp³-hybridized carbons (Fsp3) is 0.259. The number of nitrogens with one attached hydrogen (secondary N) is 2. The zero-order chi connectivity index (χ0) is 25.8. The molecule has 10 heteroatoms. The molecule has 8 nitrogen and oxygen atoms in total. The van der Waals surface area contributed by atoms with E-state index < -0.39 is 0 Å². The number of halogens is 1. The predicted octanol–water partition coefficient (Wildman–Crippen LogP) is 5.29. The maximum absolute atomic E-state index is 12.6. The molecule has 2 N–H and O–H groups in total. The fourth-order valence-corrected chi connectivity index (χ4v) is 5.63. The Bertz CT molecular complexity index is 1450. The van der Waals surface area contributed by atoms with Crippen molar-refractivity contribution in [1.82, 2.24) is 25.2 Å². The van der Waals surface area contributed by atoms with Gasteiger partial charge in [-0.2, -0.15) is 0 Å². The molecule has 190 valence electrons. The highest BCUT2D eigenvalue weighted by molar-refractivity contribution is 7.19. The van der Waals surface area contributed by atoms with Gasteiger partial charge < -0.3 is 20.3 Å². The van der Waals surface area contributed by atoms with E-state index in [1.807, 2.05) is 55.3 Å². The quantitative estimate of drug-likeness (QED) is 0.311. The Morgan fingerprint density at radius 1 is 1.19 bits per heavy atom. The topological polar surface area (TPSA) is 92.3 Å². The summed E-state index contributed by atoms with van der Waals surface area (Å²) in [4.78, 5) is 30.0. The minimum atomic E-state index is 0.0441. The number of hydrogen-bond donors (Lipinski definition) is 2. The number of rotatable bonds is 7. The average Bonchev–Trinajstić information content (AvgIpc) is 3.12. The molecule has 0 atom stereocenters. The van der Waals surface area contributed by atoms with Gasteiger partial charge in [0.15, 0.2) is 0 Å². The number of hydrogen-bond acceptors (Lipinski definition) is 8. The van der Waals surface area contributed by atoms with Crippen LogP contribution in [0.4, 0.5) is 11.5 Å². The minimum Gasteiger partial charge on any atom is -0.454 e. The first kappa shape index (κ1) is 25.1. The third-order valence-electron chi connectivity index (χ3n) is 6.11. The van der Waals surface area contributed by atoms with Gasteiger partial charge in [0, 0.05) is 42.0 Å². The van der Waals surface area contributed by atoms with Gasteiger partial charge >= 0.3 is 0 Å². The number of pyridine rings is 1. The molecule has 0 saturated carbocycles. The number of ether oxygens (including phenoxy) is 1. The second kappa shape index (κ2) is 11.2. The maximum atomic E-state index is 12.6. The lowest BCUT2D eigenvalue weighted by atomic mass is 10.1. The molecule has 0 bridgehead atoms. The lowest BCUT2D eigenvalue weighted by molar-refractivity contribution is -0.125. The molecule has 1 aromatic carbocycles. The van der Waals surface area contributed by atoms with Gasteiger partial charge in [-0.05, 0) is 62.7 Å². The highest BCUT2D eigenvalue weighted by Gasteiger charge is 2.23. The number of carbonyl (C=O) groups excluding carboxylic acids is 1. The predicted molar refractivity (Wildman–Crippen MR) is 148 cm³/mol. The first-order valence-electron chi connectivity index (χ1n) is 12.0. The first-order chi connectivity index (χ1) is 18.0. The summed E-state index contributed by atoms with van der Waals surface area (Å²) in [5, 5.41) is 7.91. The summed E-state index contributed by atoms with van der Waals surface area (Å²) in [6.07, 6.45) is 8.30. The number of thiophene rings is 1. The molecule has 1 aliphatic heterocycles. The monoisotopic (exact) mass is 534 g/mol. The van der Waals surface area contributed by atoms with Crippen LogP contribution < -0.4 is 15.4 Å². The molecule has 4 heterocycles. The van der Waals surface area contributed by atoms with E-state index in [0.717, 1.165) is 40.3 Å². The number of carbonyl (C=O) groups is 1. The number of amides is 1. The largest absolute Gasteiger partial charge is 0.454 e. The number of anilines is 2. The molecule has 0 aliphatic carbocycles. The van der Waals surface area contributed by atoms with Gasteiger partial charge in [-0.15, -0.1) is 11.3 Å². The summed E-state index contributed by atoms with van der Waals surface area (Å²) in [6.45, 7) is 3.94. The molecular formula is C27H27ClN6O2S. The van der Waals surface area contributed by atoms with Crippen molar-refractivity contribution in [2.24, 2.45) is 0 Å². The van der Waals surface area contributed by atoms with E-state index in [2.05, 4.69) is 25.6 Å². The molecule has 4 aromatic rings. The summed E-state index contributed by atoms with van der Waals surface area (Å²) in [5.41, 5.74) is 2.91. The van der Waals surface area contributed by atoms with E-state index in [9.17, 15) is 4.79 Å². The maximum Gasteiger partial charge on any atom is 0.246 e. The van der Waals surface area contributed by atoms with Gasteiger partial charge in [-0.1, -0.05) is 17.7 Å². The van der Waals surface area contributed by atoms with Crippen molar-refractivity contribution < 1.29 is 9.53 Å². The van der Waals surface area contributed by atoms with E-state index in [-0.39, 0.29) is 5.91 Å². The van der Waals surface area contributed by atoms with E-state index >= 15 is 0 Å². The van der Waals surface area contributed by atoms with Crippen molar-refractivity contribution in [2.45, 2.75) is 19.8 Å². The summed E-state index contributed by atoms with van der Waals surface area (Å²) >= 11 is 8.21. The van der Waals surface area contributed by atoms with Crippen molar-refractivity contribution in [3.63, 3.8) is 0 Å². The number of aryl methyl sites for hydroxylation is 1. The zero-order valence-corrected chi connectivity index (χ0v) is 22.2. The zero-order valence-electron chi connectivity index (χ0n) is 20.6. The average molecular weight is 535 g/mol. The lowest BCUT2D eigenvalue weighted by Crippen LogP contribution is -2.32. The standard InChI is InChI=1S/C27H27ClN6O2S/c1-17-5-7-19(15-30-17)36-22-8-6-18(14-21(22)28)33-26-25-20-9-12-34(24(35)4-3-11-29-2)13-10-23(20)37-27(25)32-16-31-26/h3-8,14-16,29H,9-13H2,1-2H3,(H,31,32,33)/b4-3+. The van der Waals surface area contributed by atoms with Gasteiger partial charge in [-0.25, -0.2) is 9.97 Å². The molecule has 37 heavy (non-hydrogen) atoms. The van der Waals surface area contributed by atoms with Crippen LogP contribution in [0.25, 0.3) is 10.2 Å². The molecule has 5 rings (SSSR count). The first-order valence-corrected chi connectivity index (χ1v) is 13.2. The lowest BCUT2D eigenvalue weighted by Gasteiger charge is -2.18. The van der Waals surface area contributed by atoms with Crippen LogP contribution in [0.3, 0.4) is 0 Å². The Morgan fingerprint density at radius 2 is 2.05 bits per heavy atom. The molecule has 1 aliphatic rings. The summed E-state index contributed by atoms with van der Waals surface area (Å²) in [6, 6.07) is 9.29. The van der Waals surface area contributed by atoms with Crippen LogP contribution in [0, 0.1) is 6.92 Å². The summed E-state index contributed by atoms with van der Waals surface area (Å²) in [5.74, 6) is 1.94. The van der Waals surface area contributed by atoms with Crippen LogP contribution in [-0.4, -0.2) is 52.4 Å². The van der Waals surface area contributed by atoms with Crippen LogP contribution in [0.15, 0.2) is 55.0 Å². The number of nitrogens with zero attached hydrogens (tertiary/aromatic N) is 4. The van der Waals surface area contributed by atoms with Crippen molar-refractivity contribution in [2.75, 3.05) is 32.0 Å².